The number of benzene rings is 1. The molecule has 0 heterocycles. The molecule has 7 nitrogen and oxygen atoms in total. The van der Waals surface area contributed by atoms with Crippen LogP contribution >= 0.6 is 0 Å². The number of rotatable bonds is 9. The standard InChI is InChI=1S/C17H30N4O3S/c1-7-18-15-9-8-14(25(23,24)21(5)6)10-16(15)19-11-17(22)20-13(4)12(2)3/h8-10,12-13,18-19H,7,11H2,1-6H3,(H,20,22). The van der Waals surface area contributed by atoms with Crippen molar-refractivity contribution in [2.45, 2.75) is 38.6 Å². The van der Waals surface area contributed by atoms with Gasteiger partial charge in [-0.1, -0.05) is 13.8 Å². The Bertz CT molecular complexity index is 687. The highest BCUT2D eigenvalue weighted by Gasteiger charge is 2.19. The van der Waals surface area contributed by atoms with Crippen molar-refractivity contribution in [3.8, 4) is 0 Å². The van der Waals surface area contributed by atoms with Crippen LogP contribution in [0.15, 0.2) is 23.1 Å². The molecule has 0 radical (unpaired) electrons. The van der Waals surface area contributed by atoms with Gasteiger partial charge in [-0.15, -0.1) is 0 Å². The van der Waals surface area contributed by atoms with Crippen molar-refractivity contribution < 1.29 is 13.2 Å². The fraction of sp³-hybridized carbons (Fsp3) is 0.588. The van der Waals surface area contributed by atoms with Crippen molar-refractivity contribution in [2.24, 2.45) is 5.92 Å². The van der Waals surface area contributed by atoms with Crippen LogP contribution in [0.1, 0.15) is 27.7 Å². The van der Waals surface area contributed by atoms with Crippen molar-refractivity contribution in [3.63, 3.8) is 0 Å². The third-order valence-electron chi connectivity index (χ3n) is 3.96. The zero-order chi connectivity index (χ0) is 19.2. The van der Waals surface area contributed by atoms with E-state index in [0.29, 0.717) is 18.2 Å². The van der Waals surface area contributed by atoms with E-state index in [-0.39, 0.29) is 23.4 Å². The Morgan fingerprint density at radius 3 is 2.28 bits per heavy atom. The maximum atomic E-state index is 12.3. The number of carbonyl (C=O) groups excluding carboxylic acids is 1. The minimum absolute atomic E-state index is 0.0704. The first-order chi connectivity index (χ1) is 11.6. The van der Waals surface area contributed by atoms with E-state index in [1.807, 2.05) is 27.7 Å². The second kappa shape index (κ2) is 9.05. The average Bonchev–Trinajstić information content (AvgIpc) is 2.53. The highest BCUT2D eigenvalue weighted by Crippen LogP contribution is 2.26. The summed E-state index contributed by atoms with van der Waals surface area (Å²) in [6.45, 7) is 8.74. The SMILES string of the molecule is CCNc1ccc(S(=O)(=O)N(C)C)cc1NCC(=O)NC(C)C(C)C. The number of hydrogen-bond donors (Lipinski definition) is 3. The summed E-state index contributed by atoms with van der Waals surface area (Å²) < 4.78 is 25.8. The molecule has 0 spiro atoms. The highest BCUT2D eigenvalue weighted by molar-refractivity contribution is 7.89. The van der Waals surface area contributed by atoms with Crippen molar-refractivity contribution in [3.05, 3.63) is 18.2 Å². The van der Waals surface area contributed by atoms with Crippen LogP contribution in [0.4, 0.5) is 11.4 Å². The van der Waals surface area contributed by atoms with Gasteiger partial charge in [0.1, 0.15) is 0 Å². The topological polar surface area (TPSA) is 90.5 Å². The van der Waals surface area contributed by atoms with Crippen molar-refractivity contribution in [1.82, 2.24) is 9.62 Å². The van der Waals surface area contributed by atoms with Gasteiger partial charge in [-0.25, -0.2) is 12.7 Å². The molecule has 3 N–H and O–H groups in total. The van der Waals surface area contributed by atoms with Crippen LogP contribution in [-0.2, 0) is 14.8 Å². The van der Waals surface area contributed by atoms with Gasteiger partial charge in [-0.3, -0.25) is 4.79 Å². The van der Waals surface area contributed by atoms with Crippen LogP contribution in [0.3, 0.4) is 0 Å². The van der Waals surface area contributed by atoms with Crippen molar-refractivity contribution in [1.29, 1.82) is 0 Å². The molecular formula is C17H30N4O3S. The van der Waals surface area contributed by atoms with Crippen LogP contribution < -0.4 is 16.0 Å². The number of anilines is 2. The lowest BCUT2D eigenvalue weighted by molar-refractivity contribution is -0.120. The summed E-state index contributed by atoms with van der Waals surface area (Å²) in [5, 5.41) is 9.12. The van der Waals surface area contributed by atoms with E-state index in [0.717, 1.165) is 9.99 Å². The molecule has 1 rings (SSSR count). The fourth-order valence-corrected chi connectivity index (χ4v) is 2.96. The summed E-state index contributed by atoms with van der Waals surface area (Å²) in [5.74, 6) is 0.208. The fourth-order valence-electron chi connectivity index (χ4n) is 2.03. The van der Waals surface area contributed by atoms with Crippen LogP contribution in [0.25, 0.3) is 0 Å². The number of amides is 1. The summed E-state index contributed by atoms with van der Waals surface area (Å²) in [6.07, 6.45) is 0. The van der Waals surface area contributed by atoms with Gasteiger partial charge >= 0.3 is 0 Å². The van der Waals surface area contributed by atoms with Crippen LogP contribution in [0, 0.1) is 5.92 Å². The summed E-state index contributed by atoms with van der Waals surface area (Å²) in [6, 6.07) is 4.88. The van der Waals surface area contributed by atoms with Gasteiger partial charge in [0.25, 0.3) is 0 Å². The lowest BCUT2D eigenvalue weighted by atomic mass is 10.1. The Kier molecular flexibility index (Phi) is 7.69. The third kappa shape index (κ3) is 5.89. The molecule has 0 saturated heterocycles. The minimum atomic E-state index is -3.53. The molecule has 0 aromatic heterocycles. The molecule has 1 amide bonds. The first kappa shape index (κ1) is 21.2. The Morgan fingerprint density at radius 1 is 1.12 bits per heavy atom. The molecule has 0 saturated carbocycles. The first-order valence-electron chi connectivity index (χ1n) is 8.43. The number of nitrogens with zero attached hydrogens (tertiary/aromatic N) is 1. The zero-order valence-corrected chi connectivity index (χ0v) is 16.7. The molecule has 0 aliphatic rings. The van der Waals surface area contributed by atoms with Gasteiger partial charge in [0.05, 0.1) is 22.8 Å². The van der Waals surface area contributed by atoms with E-state index in [1.54, 1.807) is 18.2 Å². The van der Waals surface area contributed by atoms with Gasteiger partial charge in [0.15, 0.2) is 0 Å². The van der Waals surface area contributed by atoms with E-state index >= 15 is 0 Å². The molecule has 8 heteroatoms. The molecule has 1 atom stereocenters. The molecule has 0 bridgehead atoms. The predicted molar refractivity (Wildman–Crippen MR) is 102 cm³/mol. The minimum Gasteiger partial charge on any atom is -0.384 e. The van der Waals surface area contributed by atoms with Crippen molar-refractivity contribution >= 4 is 27.3 Å². The van der Waals surface area contributed by atoms with Crippen molar-refractivity contribution in [2.75, 3.05) is 37.8 Å². The molecule has 1 unspecified atom stereocenters. The second-order valence-electron chi connectivity index (χ2n) is 6.48. The molecule has 1 aromatic carbocycles. The lowest BCUT2D eigenvalue weighted by Crippen LogP contribution is -2.39. The number of hydrogen-bond acceptors (Lipinski definition) is 5. The highest BCUT2D eigenvalue weighted by atomic mass is 32.2. The van der Waals surface area contributed by atoms with Gasteiger partial charge < -0.3 is 16.0 Å². The first-order valence-corrected chi connectivity index (χ1v) is 9.87. The predicted octanol–water partition coefficient (Wildman–Crippen LogP) is 1.94. The van der Waals surface area contributed by atoms with E-state index in [9.17, 15) is 13.2 Å². The molecule has 142 valence electrons. The van der Waals surface area contributed by atoms with Gasteiger partial charge in [0, 0.05) is 26.7 Å². The van der Waals surface area contributed by atoms with E-state index < -0.39 is 10.0 Å². The molecule has 25 heavy (non-hydrogen) atoms. The normalized spacial score (nSPS) is 13.0. The van der Waals surface area contributed by atoms with Gasteiger partial charge in [-0.2, -0.15) is 0 Å². The molecular weight excluding hydrogens is 340 g/mol. The lowest BCUT2D eigenvalue weighted by Gasteiger charge is -2.19. The van der Waals surface area contributed by atoms with Crippen LogP contribution in [0.2, 0.25) is 0 Å². The molecule has 0 aliphatic heterocycles. The Hall–Kier alpha value is -1.80. The number of carbonyl (C=O) groups is 1. The average molecular weight is 371 g/mol. The maximum absolute atomic E-state index is 12.3. The molecule has 1 aromatic rings. The molecule has 0 fully saturated rings. The maximum Gasteiger partial charge on any atom is 0.242 e. The van der Waals surface area contributed by atoms with Crippen LogP contribution in [-0.4, -0.2) is 51.9 Å². The van der Waals surface area contributed by atoms with Crippen LogP contribution in [0.5, 0.6) is 0 Å². The van der Waals surface area contributed by atoms with E-state index in [1.165, 1.54) is 14.1 Å². The number of sulfonamides is 1. The smallest absolute Gasteiger partial charge is 0.242 e. The Balaban J connectivity index is 2.97. The van der Waals surface area contributed by atoms with E-state index in [4.69, 9.17) is 0 Å². The summed E-state index contributed by atoms with van der Waals surface area (Å²) in [5.41, 5.74) is 1.34. The van der Waals surface area contributed by atoms with Gasteiger partial charge in [0.2, 0.25) is 15.9 Å². The third-order valence-corrected chi connectivity index (χ3v) is 5.78. The summed E-state index contributed by atoms with van der Waals surface area (Å²) >= 11 is 0. The quantitative estimate of drug-likeness (QED) is 0.618. The largest absolute Gasteiger partial charge is 0.384 e. The van der Waals surface area contributed by atoms with E-state index in [2.05, 4.69) is 16.0 Å². The molecule has 0 aliphatic carbocycles. The zero-order valence-electron chi connectivity index (χ0n) is 15.9. The monoisotopic (exact) mass is 370 g/mol. The Morgan fingerprint density at radius 2 is 1.76 bits per heavy atom. The second-order valence-corrected chi connectivity index (χ2v) is 8.63. The summed E-state index contributed by atoms with van der Waals surface area (Å²) in [4.78, 5) is 12.2. The summed E-state index contributed by atoms with van der Waals surface area (Å²) in [7, 11) is -0.560. The van der Waals surface area contributed by atoms with Gasteiger partial charge in [-0.05, 0) is 38.0 Å². The number of nitrogens with one attached hydrogen (secondary N) is 3. The Labute approximate surface area is 151 Å².